The number of hydrogen-bond donors (Lipinski definition) is 1. The highest BCUT2D eigenvalue weighted by molar-refractivity contribution is 5.71. The van der Waals surface area contributed by atoms with Crippen molar-refractivity contribution in [2.45, 2.75) is 6.54 Å². The van der Waals surface area contributed by atoms with Gasteiger partial charge in [0, 0.05) is 13.2 Å². The minimum Gasteiger partial charge on any atom is -0.351 e. The first kappa shape index (κ1) is 8.45. The first-order valence-corrected chi connectivity index (χ1v) is 3.45. The van der Waals surface area contributed by atoms with E-state index in [1.807, 2.05) is 0 Å². The van der Waals surface area contributed by atoms with E-state index in [1.54, 1.807) is 19.3 Å². The van der Waals surface area contributed by atoms with Crippen LogP contribution in [0.15, 0.2) is 18.6 Å². The summed E-state index contributed by atoms with van der Waals surface area (Å²) >= 11 is 0. The Kier molecular flexibility index (Phi) is 2.57. The lowest BCUT2D eigenvalue weighted by atomic mass is 10.4. The van der Waals surface area contributed by atoms with Gasteiger partial charge in [-0.3, -0.25) is 0 Å². The molecule has 2 amide bonds. The maximum atomic E-state index is 10.6. The van der Waals surface area contributed by atoms with E-state index in [9.17, 15) is 4.79 Å². The van der Waals surface area contributed by atoms with Crippen molar-refractivity contribution in [3.63, 3.8) is 0 Å². The van der Waals surface area contributed by atoms with Crippen molar-refractivity contribution < 1.29 is 4.79 Å². The molecule has 0 aliphatic heterocycles. The fourth-order valence-electron chi connectivity index (χ4n) is 0.733. The molecular weight excluding hydrogens is 156 g/mol. The van der Waals surface area contributed by atoms with Crippen LogP contribution in [-0.2, 0) is 6.54 Å². The van der Waals surface area contributed by atoms with Gasteiger partial charge >= 0.3 is 6.03 Å². The first-order chi connectivity index (χ1) is 5.70. The van der Waals surface area contributed by atoms with Crippen molar-refractivity contribution in [3.05, 3.63) is 24.3 Å². The number of nitrogens with two attached hydrogens (primary N) is 1. The van der Waals surface area contributed by atoms with Gasteiger partial charge in [-0.05, 0) is 6.07 Å². The molecule has 1 aromatic heterocycles. The Balaban J connectivity index is 2.58. The highest BCUT2D eigenvalue weighted by atomic mass is 16.2. The Morgan fingerprint density at radius 1 is 1.75 bits per heavy atom. The topological polar surface area (TPSA) is 72.1 Å². The summed E-state index contributed by atoms with van der Waals surface area (Å²) in [6.07, 6.45) is 3.06. The molecule has 0 aromatic carbocycles. The van der Waals surface area contributed by atoms with Crippen molar-refractivity contribution in [1.29, 1.82) is 0 Å². The van der Waals surface area contributed by atoms with E-state index >= 15 is 0 Å². The third-order valence-corrected chi connectivity index (χ3v) is 1.42. The molecule has 0 spiro atoms. The predicted octanol–water partition coefficient (Wildman–Crippen LogP) is -0.0129. The van der Waals surface area contributed by atoms with Crippen LogP contribution in [0.2, 0.25) is 0 Å². The van der Waals surface area contributed by atoms with Crippen LogP contribution in [0.25, 0.3) is 0 Å². The van der Waals surface area contributed by atoms with Gasteiger partial charge in [0.05, 0.1) is 12.2 Å². The quantitative estimate of drug-likeness (QED) is 0.671. The molecule has 0 bridgehead atoms. The van der Waals surface area contributed by atoms with Crippen molar-refractivity contribution in [1.82, 2.24) is 14.9 Å². The van der Waals surface area contributed by atoms with E-state index in [0.717, 1.165) is 5.69 Å². The zero-order valence-corrected chi connectivity index (χ0v) is 6.77. The molecule has 0 saturated heterocycles. The first-order valence-electron chi connectivity index (χ1n) is 3.45. The lowest BCUT2D eigenvalue weighted by Gasteiger charge is -2.12. The van der Waals surface area contributed by atoms with Crippen LogP contribution in [-0.4, -0.2) is 27.9 Å². The fraction of sp³-hybridized carbons (Fsp3) is 0.286. The van der Waals surface area contributed by atoms with Crippen LogP contribution in [0, 0.1) is 0 Å². The standard InChI is InChI=1S/C7H10N4O/c1-11(7(8)12)4-6-2-3-9-5-10-6/h2-3,5H,4H2,1H3,(H2,8,12). The van der Waals surface area contributed by atoms with Gasteiger partial charge in [0.2, 0.25) is 0 Å². The SMILES string of the molecule is CN(Cc1ccncn1)C(N)=O. The second-order valence-electron chi connectivity index (χ2n) is 2.40. The van der Waals surface area contributed by atoms with Gasteiger partial charge in [0.1, 0.15) is 6.33 Å². The van der Waals surface area contributed by atoms with E-state index in [1.165, 1.54) is 11.2 Å². The van der Waals surface area contributed by atoms with E-state index in [0.29, 0.717) is 6.54 Å². The molecule has 1 rings (SSSR count). The average molecular weight is 166 g/mol. The Hall–Kier alpha value is -1.65. The minimum atomic E-state index is -0.464. The summed E-state index contributed by atoms with van der Waals surface area (Å²) in [5, 5.41) is 0. The normalized spacial score (nSPS) is 9.42. The van der Waals surface area contributed by atoms with Gasteiger partial charge in [-0.25, -0.2) is 14.8 Å². The largest absolute Gasteiger partial charge is 0.351 e. The Bertz CT molecular complexity index is 261. The number of urea groups is 1. The molecule has 0 aliphatic rings. The van der Waals surface area contributed by atoms with Crippen LogP contribution >= 0.6 is 0 Å². The summed E-state index contributed by atoms with van der Waals surface area (Å²) in [6.45, 7) is 0.415. The van der Waals surface area contributed by atoms with Gasteiger partial charge in [-0.2, -0.15) is 0 Å². The summed E-state index contributed by atoms with van der Waals surface area (Å²) in [4.78, 5) is 19.7. The number of carbonyl (C=O) groups excluding carboxylic acids is 1. The zero-order valence-electron chi connectivity index (χ0n) is 6.77. The molecule has 5 nitrogen and oxygen atoms in total. The van der Waals surface area contributed by atoms with Gasteiger partial charge in [-0.15, -0.1) is 0 Å². The highest BCUT2D eigenvalue weighted by Gasteiger charge is 2.03. The van der Waals surface area contributed by atoms with E-state index in [4.69, 9.17) is 5.73 Å². The summed E-state index contributed by atoms with van der Waals surface area (Å²) in [5.74, 6) is 0. The summed E-state index contributed by atoms with van der Waals surface area (Å²) in [7, 11) is 1.62. The van der Waals surface area contributed by atoms with Crippen LogP contribution in [0.1, 0.15) is 5.69 Å². The number of amides is 2. The Labute approximate surface area is 70.2 Å². The van der Waals surface area contributed by atoms with E-state index < -0.39 is 6.03 Å². The second kappa shape index (κ2) is 3.66. The molecule has 1 aromatic rings. The molecule has 0 aliphatic carbocycles. The Morgan fingerprint density at radius 3 is 3.00 bits per heavy atom. The van der Waals surface area contributed by atoms with Crippen LogP contribution < -0.4 is 5.73 Å². The number of carbonyl (C=O) groups is 1. The molecule has 2 N–H and O–H groups in total. The summed E-state index contributed by atoms with van der Waals surface area (Å²) in [5.41, 5.74) is 5.80. The monoisotopic (exact) mass is 166 g/mol. The number of aromatic nitrogens is 2. The second-order valence-corrected chi connectivity index (χ2v) is 2.40. The molecule has 0 saturated carbocycles. The van der Waals surface area contributed by atoms with Crippen molar-refractivity contribution in [2.24, 2.45) is 5.73 Å². The Morgan fingerprint density at radius 2 is 2.50 bits per heavy atom. The molecule has 1 heterocycles. The lowest BCUT2D eigenvalue weighted by Crippen LogP contribution is -2.31. The smallest absolute Gasteiger partial charge is 0.314 e. The average Bonchev–Trinajstić information content (AvgIpc) is 2.06. The predicted molar refractivity (Wildman–Crippen MR) is 43.1 cm³/mol. The third-order valence-electron chi connectivity index (χ3n) is 1.42. The molecular formula is C7H10N4O. The summed E-state index contributed by atoms with van der Waals surface area (Å²) in [6, 6.07) is 1.27. The summed E-state index contributed by atoms with van der Waals surface area (Å²) < 4.78 is 0. The van der Waals surface area contributed by atoms with Gasteiger partial charge in [0.25, 0.3) is 0 Å². The van der Waals surface area contributed by atoms with E-state index in [-0.39, 0.29) is 0 Å². The lowest BCUT2D eigenvalue weighted by molar-refractivity contribution is 0.216. The zero-order chi connectivity index (χ0) is 8.97. The minimum absolute atomic E-state index is 0.415. The maximum Gasteiger partial charge on any atom is 0.314 e. The number of rotatable bonds is 2. The van der Waals surface area contributed by atoms with Gasteiger partial charge in [0.15, 0.2) is 0 Å². The molecule has 0 atom stereocenters. The third kappa shape index (κ3) is 2.19. The number of nitrogens with zero attached hydrogens (tertiary/aromatic N) is 3. The number of primary amides is 1. The van der Waals surface area contributed by atoms with Crippen molar-refractivity contribution in [3.8, 4) is 0 Å². The van der Waals surface area contributed by atoms with Crippen LogP contribution in [0.4, 0.5) is 4.79 Å². The van der Waals surface area contributed by atoms with Gasteiger partial charge < -0.3 is 10.6 Å². The van der Waals surface area contributed by atoms with E-state index in [2.05, 4.69) is 9.97 Å². The van der Waals surface area contributed by atoms with Gasteiger partial charge in [-0.1, -0.05) is 0 Å². The fourth-order valence-corrected chi connectivity index (χ4v) is 0.733. The molecule has 64 valence electrons. The number of hydrogen-bond acceptors (Lipinski definition) is 3. The molecule has 5 heteroatoms. The van der Waals surface area contributed by atoms with Crippen molar-refractivity contribution >= 4 is 6.03 Å². The van der Waals surface area contributed by atoms with Crippen LogP contribution in [0.3, 0.4) is 0 Å². The maximum absolute atomic E-state index is 10.6. The molecule has 12 heavy (non-hydrogen) atoms. The van der Waals surface area contributed by atoms with Crippen molar-refractivity contribution in [2.75, 3.05) is 7.05 Å². The molecule has 0 unspecified atom stereocenters. The highest BCUT2D eigenvalue weighted by Crippen LogP contribution is 1.95. The molecule has 0 radical (unpaired) electrons. The molecule has 0 fully saturated rings. The van der Waals surface area contributed by atoms with Crippen LogP contribution in [0.5, 0.6) is 0 Å².